The van der Waals surface area contributed by atoms with Crippen LogP contribution >= 0.6 is 11.3 Å². The summed E-state index contributed by atoms with van der Waals surface area (Å²) in [5, 5.41) is 14.1. The fourth-order valence-electron chi connectivity index (χ4n) is 3.35. The summed E-state index contributed by atoms with van der Waals surface area (Å²) >= 11 is 1.50. The summed E-state index contributed by atoms with van der Waals surface area (Å²) in [6.45, 7) is 0.0175. The number of thiophene rings is 1. The molecule has 1 saturated carbocycles. The maximum atomic E-state index is 13.0. The number of aliphatic hydroxyl groups excluding tert-OH is 1. The second-order valence-electron chi connectivity index (χ2n) is 6.49. The van der Waals surface area contributed by atoms with Crippen molar-refractivity contribution >= 4 is 23.3 Å². The van der Waals surface area contributed by atoms with Crippen LogP contribution in [0, 0.1) is 11.7 Å². The van der Waals surface area contributed by atoms with Crippen LogP contribution in [0.15, 0.2) is 41.8 Å². The molecule has 1 aliphatic carbocycles. The summed E-state index contributed by atoms with van der Waals surface area (Å²) in [5.74, 6) is 0.0867. The Balaban J connectivity index is 1.55. The van der Waals surface area contributed by atoms with E-state index in [1.54, 1.807) is 12.2 Å². The van der Waals surface area contributed by atoms with Crippen molar-refractivity contribution in [2.24, 2.45) is 5.92 Å². The minimum atomic E-state index is -0.219. The van der Waals surface area contributed by atoms with Crippen molar-refractivity contribution in [3.05, 3.63) is 63.6 Å². The van der Waals surface area contributed by atoms with Gasteiger partial charge in [-0.05, 0) is 66.0 Å². The van der Waals surface area contributed by atoms with E-state index in [9.17, 15) is 9.18 Å². The molecule has 25 heavy (non-hydrogen) atoms. The molecule has 132 valence electrons. The van der Waals surface area contributed by atoms with Crippen LogP contribution in [-0.4, -0.2) is 17.1 Å². The zero-order chi connectivity index (χ0) is 17.6. The number of carbonyl (C=O) groups is 1. The van der Waals surface area contributed by atoms with Crippen LogP contribution in [0.5, 0.6) is 0 Å². The van der Waals surface area contributed by atoms with Gasteiger partial charge in [0.25, 0.3) is 0 Å². The van der Waals surface area contributed by atoms with Crippen LogP contribution in [0.4, 0.5) is 4.39 Å². The number of benzene rings is 1. The molecule has 1 aliphatic rings. The van der Waals surface area contributed by atoms with E-state index in [1.807, 2.05) is 23.6 Å². The zero-order valence-electron chi connectivity index (χ0n) is 14.0. The van der Waals surface area contributed by atoms with E-state index in [4.69, 9.17) is 5.11 Å². The quantitative estimate of drug-likeness (QED) is 0.768. The molecular formula is C20H22FNO2S. The number of amides is 1. The third-order valence-electron chi connectivity index (χ3n) is 4.65. The first-order chi connectivity index (χ1) is 12.1. The van der Waals surface area contributed by atoms with Gasteiger partial charge in [0.15, 0.2) is 0 Å². The summed E-state index contributed by atoms with van der Waals surface area (Å²) in [6, 6.07) is 8.66. The summed E-state index contributed by atoms with van der Waals surface area (Å²) in [5.41, 5.74) is 1.97. The van der Waals surface area contributed by atoms with E-state index in [0.29, 0.717) is 5.92 Å². The topological polar surface area (TPSA) is 49.3 Å². The van der Waals surface area contributed by atoms with Crippen molar-refractivity contribution in [2.75, 3.05) is 0 Å². The number of rotatable bonds is 6. The number of halogens is 1. The third-order valence-corrected chi connectivity index (χ3v) is 5.60. The molecule has 0 saturated heterocycles. The van der Waals surface area contributed by atoms with Gasteiger partial charge in [0, 0.05) is 17.0 Å². The highest BCUT2D eigenvalue weighted by molar-refractivity contribution is 7.11. The Bertz CT molecular complexity index is 738. The molecule has 3 rings (SSSR count). The Hall–Kier alpha value is -1.98. The highest BCUT2D eigenvalue weighted by Crippen LogP contribution is 2.29. The molecule has 0 bridgehead atoms. The van der Waals surface area contributed by atoms with Crippen LogP contribution in [0.3, 0.4) is 0 Å². The predicted octanol–water partition coefficient (Wildman–Crippen LogP) is 3.92. The van der Waals surface area contributed by atoms with Crippen molar-refractivity contribution in [3.8, 4) is 0 Å². The molecule has 1 amide bonds. The van der Waals surface area contributed by atoms with Gasteiger partial charge in [-0.25, -0.2) is 4.39 Å². The van der Waals surface area contributed by atoms with E-state index < -0.39 is 0 Å². The lowest BCUT2D eigenvalue weighted by molar-refractivity contribution is -0.117. The lowest BCUT2D eigenvalue weighted by atomic mass is 9.94. The molecule has 0 radical (unpaired) electrons. The zero-order valence-corrected chi connectivity index (χ0v) is 14.8. The molecule has 0 unspecified atom stereocenters. The Labute approximate surface area is 151 Å². The summed E-state index contributed by atoms with van der Waals surface area (Å²) in [4.78, 5) is 13.2. The Morgan fingerprint density at radius 2 is 2.08 bits per heavy atom. The molecule has 2 atom stereocenters. The summed E-state index contributed by atoms with van der Waals surface area (Å²) in [7, 11) is 0. The molecule has 1 aromatic heterocycles. The van der Waals surface area contributed by atoms with Gasteiger partial charge in [0.2, 0.25) is 5.91 Å². The summed E-state index contributed by atoms with van der Waals surface area (Å²) < 4.78 is 13.0. The lowest BCUT2D eigenvalue weighted by Gasteiger charge is -2.20. The van der Waals surface area contributed by atoms with Crippen molar-refractivity contribution in [1.29, 1.82) is 0 Å². The smallest absolute Gasteiger partial charge is 0.244 e. The molecule has 0 aliphatic heterocycles. The van der Waals surface area contributed by atoms with Crippen molar-refractivity contribution < 1.29 is 14.3 Å². The fourth-order valence-corrected chi connectivity index (χ4v) is 4.14. The van der Waals surface area contributed by atoms with Gasteiger partial charge >= 0.3 is 0 Å². The van der Waals surface area contributed by atoms with E-state index >= 15 is 0 Å². The van der Waals surface area contributed by atoms with Crippen LogP contribution in [0.1, 0.15) is 35.3 Å². The minimum absolute atomic E-state index is 0.0175. The minimum Gasteiger partial charge on any atom is -0.392 e. The average Bonchev–Trinajstić information content (AvgIpc) is 3.24. The largest absolute Gasteiger partial charge is 0.392 e. The van der Waals surface area contributed by atoms with Crippen molar-refractivity contribution in [1.82, 2.24) is 5.32 Å². The van der Waals surface area contributed by atoms with Gasteiger partial charge in [-0.15, -0.1) is 11.3 Å². The number of nitrogens with one attached hydrogen (secondary N) is 1. The Morgan fingerprint density at radius 1 is 1.28 bits per heavy atom. The SMILES string of the molecule is O=C(/C=C/c1cc(CO)cs1)N[C@H]1CCC[C@H]1Cc1ccc(F)cc1. The molecule has 1 aromatic carbocycles. The highest BCUT2D eigenvalue weighted by atomic mass is 32.1. The Morgan fingerprint density at radius 3 is 2.80 bits per heavy atom. The molecule has 2 aromatic rings. The molecule has 5 heteroatoms. The van der Waals surface area contributed by atoms with Gasteiger partial charge in [-0.2, -0.15) is 0 Å². The normalized spacial score (nSPS) is 20.2. The molecule has 3 nitrogen and oxygen atoms in total. The maximum Gasteiger partial charge on any atom is 0.244 e. The van der Waals surface area contributed by atoms with Crippen LogP contribution in [0.2, 0.25) is 0 Å². The number of aliphatic hydroxyl groups is 1. The van der Waals surface area contributed by atoms with Crippen LogP contribution < -0.4 is 5.32 Å². The first kappa shape index (κ1) is 17.8. The van der Waals surface area contributed by atoms with E-state index in [2.05, 4.69) is 5.32 Å². The number of hydrogen-bond acceptors (Lipinski definition) is 3. The fraction of sp³-hybridized carbons (Fsp3) is 0.350. The van der Waals surface area contributed by atoms with E-state index in [1.165, 1.54) is 23.5 Å². The van der Waals surface area contributed by atoms with Gasteiger partial charge in [-0.3, -0.25) is 4.79 Å². The number of carbonyl (C=O) groups excluding carboxylic acids is 1. The summed E-state index contributed by atoms with van der Waals surface area (Å²) in [6.07, 6.45) is 7.37. The van der Waals surface area contributed by atoms with Gasteiger partial charge in [-0.1, -0.05) is 18.6 Å². The standard InChI is InChI=1S/C20H22FNO2S/c21-17-6-4-14(5-7-17)10-16-2-1-3-19(16)22-20(24)9-8-18-11-15(12-23)13-25-18/h4-9,11,13,16,19,23H,1-3,10,12H2,(H,22,24)/b9-8+/t16-,19-/m0/s1. The van der Waals surface area contributed by atoms with Crippen molar-refractivity contribution in [3.63, 3.8) is 0 Å². The lowest BCUT2D eigenvalue weighted by Crippen LogP contribution is -2.37. The maximum absolute atomic E-state index is 13.0. The highest BCUT2D eigenvalue weighted by Gasteiger charge is 2.28. The molecule has 1 heterocycles. The first-order valence-corrected chi connectivity index (χ1v) is 9.43. The molecular weight excluding hydrogens is 337 g/mol. The molecule has 2 N–H and O–H groups in total. The van der Waals surface area contributed by atoms with E-state index in [-0.39, 0.29) is 24.4 Å². The predicted molar refractivity (Wildman–Crippen MR) is 98.7 cm³/mol. The molecule has 1 fully saturated rings. The third kappa shape index (κ3) is 5.00. The van der Waals surface area contributed by atoms with Crippen LogP contribution in [-0.2, 0) is 17.8 Å². The van der Waals surface area contributed by atoms with E-state index in [0.717, 1.165) is 41.7 Å². The van der Waals surface area contributed by atoms with Gasteiger partial charge in [0.1, 0.15) is 5.82 Å². The Kier molecular flexibility index (Phi) is 6.00. The van der Waals surface area contributed by atoms with Gasteiger partial charge in [0.05, 0.1) is 6.61 Å². The van der Waals surface area contributed by atoms with Crippen LogP contribution in [0.25, 0.3) is 6.08 Å². The number of hydrogen-bond donors (Lipinski definition) is 2. The average molecular weight is 359 g/mol. The first-order valence-electron chi connectivity index (χ1n) is 8.55. The second kappa shape index (κ2) is 8.41. The monoisotopic (exact) mass is 359 g/mol. The second-order valence-corrected chi connectivity index (χ2v) is 7.43. The van der Waals surface area contributed by atoms with Gasteiger partial charge < -0.3 is 10.4 Å². The van der Waals surface area contributed by atoms with Crippen molar-refractivity contribution in [2.45, 2.75) is 38.3 Å². The molecule has 0 spiro atoms.